The van der Waals surface area contributed by atoms with Gasteiger partial charge in [-0.15, -0.1) is 0 Å². The summed E-state index contributed by atoms with van der Waals surface area (Å²) in [5, 5.41) is 17.5. The topological polar surface area (TPSA) is 141 Å². The van der Waals surface area contributed by atoms with Crippen LogP contribution in [0.2, 0.25) is 0 Å². The van der Waals surface area contributed by atoms with Crippen LogP contribution in [0.25, 0.3) is 0 Å². The fourth-order valence-corrected chi connectivity index (χ4v) is 3.27. The van der Waals surface area contributed by atoms with Gasteiger partial charge in [-0.25, -0.2) is 9.97 Å². The van der Waals surface area contributed by atoms with Crippen molar-refractivity contribution in [2.24, 2.45) is 11.7 Å². The molecule has 1 saturated carbocycles. The Hall–Kier alpha value is -3.01. The van der Waals surface area contributed by atoms with Crippen LogP contribution < -0.4 is 21.1 Å². The van der Waals surface area contributed by atoms with Gasteiger partial charge in [0.2, 0.25) is 17.6 Å². The maximum absolute atomic E-state index is 11.3. The molecular formula is C18H25N7O3. The first-order valence-electron chi connectivity index (χ1n) is 9.29. The summed E-state index contributed by atoms with van der Waals surface area (Å²) in [4.78, 5) is 23.3. The van der Waals surface area contributed by atoms with Crippen LogP contribution in [0.5, 0.6) is 5.88 Å². The highest BCUT2D eigenvalue weighted by Gasteiger charge is 2.21. The maximum atomic E-state index is 11.3. The third-order valence-corrected chi connectivity index (χ3v) is 4.90. The maximum Gasteiger partial charge on any atom is 0.329 e. The number of hydrogen-bond donors (Lipinski definition) is 3. The number of ether oxygens (including phenoxy) is 1. The molecule has 0 spiro atoms. The molecule has 0 aromatic carbocycles. The van der Waals surface area contributed by atoms with Gasteiger partial charge >= 0.3 is 5.69 Å². The lowest BCUT2D eigenvalue weighted by molar-refractivity contribution is -0.384. The first-order chi connectivity index (χ1) is 13.6. The number of nitrogens with zero attached hydrogens (tertiary/aromatic N) is 4. The average molecular weight is 387 g/mol. The highest BCUT2D eigenvalue weighted by molar-refractivity contribution is 5.57. The molecule has 2 heterocycles. The molecule has 1 fully saturated rings. The molecule has 10 heteroatoms. The second kappa shape index (κ2) is 9.27. The Morgan fingerprint density at radius 2 is 2.07 bits per heavy atom. The van der Waals surface area contributed by atoms with E-state index < -0.39 is 4.92 Å². The molecule has 1 aliphatic rings. The summed E-state index contributed by atoms with van der Waals surface area (Å²) in [5.74, 6) is 1.45. The Labute approximate surface area is 163 Å². The molecule has 0 radical (unpaired) electrons. The normalized spacial score (nSPS) is 19.1. The van der Waals surface area contributed by atoms with E-state index in [2.05, 4.69) is 25.6 Å². The molecule has 0 unspecified atom stereocenters. The first kappa shape index (κ1) is 19.7. The zero-order valence-electron chi connectivity index (χ0n) is 15.8. The van der Waals surface area contributed by atoms with E-state index in [1.54, 1.807) is 19.4 Å². The lowest BCUT2D eigenvalue weighted by Crippen LogP contribution is -2.29. The van der Waals surface area contributed by atoms with E-state index in [4.69, 9.17) is 10.5 Å². The van der Waals surface area contributed by atoms with E-state index in [9.17, 15) is 10.1 Å². The number of aromatic nitrogens is 3. The fraction of sp³-hybridized carbons (Fsp3) is 0.500. The first-order valence-corrected chi connectivity index (χ1v) is 9.29. The van der Waals surface area contributed by atoms with E-state index in [1.165, 1.54) is 6.20 Å². The Kier molecular flexibility index (Phi) is 6.53. The average Bonchev–Trinajstić information content (AvgIpc) is 2.72. The third kappa shape index (κ3) is 5.03. The molecule has 2 aromatic heterocycles. The van der Waals surface area contributed by atoms with Crippen LogP contribution in [0.4, 0.5) is 17.5 Å². The van der Waals surface area contributed by atoms with Crippen molar-refractivity contribution in [3.05, 3.63) is 40.2 Å². The van der Waals surface area contributed by atoms with Crippen LogP contribution in [-0.4, -0.2) is 39.6 Å². The molecule has 0 amide bonds. The standard InChI is InChI=1S/C18H25N7O3/c1-28-17-13(3-2-8-20-17)10-22-18-23-11-15(25(26)27)16(24-18)21-9-12-4-6-14(19)7-5-12/h2-3,8,11-12,14H,4-7,9-10,19H2,1H3,(H2,21,22,23,24). The summed E-state index contributed by atoms with van der Waals surface area (Å²) in [6.07, 6.45) is 6.85. The van der Waals surface area contributed by atoms with Crippen LogP contribution >= 0.6 is 0 Å². The summed E-state index contributed by atoms with van der Waals surface area (Å²) < 4.78 is 5.22. The molecule has 2 aromatic rings. The van der Waals surface area contributed by atoms with E-state index in [-0.39, 0.29) is 17.5 Å². The minimum Gasteiger partial charge on any atom is -0.481 e. The van der Waals surface area contributed by atoms with Crippen LogP contribution in [0, 0.1) is 16.0 Å². The molecule has 0 atom stereocenters. The predicted molar refractivity (Wildman–Crippen MR) is 105 cm³/mol. The number of anilines is 2. The molecule has 10 nitrogen and oxygen atoms in total. The van der Waals surface area contributed by atoms with Crippen LogP contribution in [0.3, 0.4) is 0 Å². The zero-order chi connectivity index (χ0) is 19.9. The van der Waals surface area contributed by atoms with Gasteiger partial charge in [-0.2, -0.15) is 4.98 Å². The van der Waals surface area contributed by atoms with Gasteiger partial charge in [0.05, 0.1) is 12.0 Å². The van der Waals surface area contributed by atoms with Gasteiger partial charge in [-0.3, -0.25) is 10.1 Å². The lowest BCUT2D eigenvalue weighted by atomic mass is 9.86. The van der Waals surface area contributed by atoms with Gasteiger partial charge < -0.3 is 21.1 Å². The summed E-state index contributed by atoms with van der Waals surface area (Å²) in [6.45, 7) is 1.01. The second-order valence-electron chi connectivity index (χ2n) is 6.87. The summed E-state index contributed by atoms with van der Waals surface area (Å²) in [5.41, 5.74) is 6.63. The second-order valence-corrected chi connectivity index (χ2v) is 6.87. The Morgan fingerprint density at radius 3 is 2.79 bits per heavy atom. The van der Waals surface area contributed by atoms with Crippen molar-refractivity contribution in [3.63, 3.8) is 0 Å². The Balaban J connectivity index is 1.67. The number of nitrogens with one attached hydrogen (secondary N) is 2. The van der Waals surface area contributed by atoms with Crippen LogP contribution in [-0.2, 0) is 6.54 Å². The van der Waals surface area contributed by atoms with Gasteiger partial charge in [0.1, 0.15) is 6.20 Å². The Bertz CT molecular complexity index is 810. The fourth-order valence-electron chi connectivity index (χ4n) is 3.27. The SMILES string of the molecule is COc1ncccc1CNc1ncc([N+](=O)[O-])c(NCC2CCC(N)CC2)n1. The largest absolute Gasteiger partial charge is 0.481 e. The van der Waals surface area contributed by atoms with E-state index >= 15 is 0 Å². The molecular weight excluding hydrogens is 362 g/mol. The smallest absolute Gasteiger partial charge is 0.329 e. The lowest BCUT2D eigenvalue weighted by Gasteiger charge is -2.26. The van der Waals surface area contributed by atoms with Crippen molar-refractivity contribution >= 4 is 17.5 Å². The summed E-state index contributed by atoms with van der Waals surface area (Å²) >= 11 is 0. The van der Waals surface area contributed by atoms with E-state index in [1.807, 2.05) is 6.07 Å². The van der Waals surface area contributed by atoms with Gasteiger partial charge in [0, 0.05) is 30.9 Å². The molecule has 0 bridgehead atoms. The molecule has 0 saturated heterocycles. The van der Waals surface area contributed by atoms with E-state index in [0.717, 1.165) is 31.2 Å². The molecule has 0 aliphatic heterocycles. The van der Waals surface area contributed by atoms with Crippen molar-refractivity contribution in [2.75, 3.05) is 24.3 Å². The van der Waals surface area contributed by atoms with Crippen molar-refractivity contribution in [2.45, 2.75) is 38.3 Å². The quantitative estimate of drug-likeness (QED) is 0.459. The van der Waals surface area contributed by atoms with Crippen molar-refractivity contribution < 1.29 is 9.66 Å². The highest BCUT2D eigenvalue weighted by Crippen LogP contribution is 2.26. The van der Waals surface area contributed by atoms with Gasteiger partial charge in [0.25, 0.3) is 0 Å². The summed E-state index contributed by atoms with van der Waals surface area (Å²) in [6, 6.07) is 3.95. The van der Waals surface area contributed by atoms with Crippen molar-refractivity contribution in [1.29, 1.82) is 0 Å². The summed E-state index contributed by atoms with van der Waals surface area (Å²) in [7, 11) is 1.55. The minimum atomic E-state index is -0.479. The molecule has 3 rings (SSSR count). The highest BCUT2D eigenvalue weighted by atomic mass is 16.6. The molecule has 150 valence electrons. The van der Waals surface area contributed by atoms with Crippen molar-refractivity contribution in [1.82, 2.24) is 15.0 Å². The predicted octanol–water partition coefficient (Wildman–Crippen LogP) is 2.33. The number of hydrogen-bond acceptors (Lipinski definition) is 9. The number of rotatable bonds is 8. The van der Waals surface area contributed by atoms with E-state index in [0.29, 0.717) is 30.8 Å². The number of nitrogens with two attached hydrogens (primary N) is 1. The zero-order valence-corrected chi connectivity index (χ0v) is 15.8. The van der Waals surface area contributed by atoms with Crippen molar-refractivity contribution in [3.8, 4) is 5.88 Å². The minimum absolute atomic E-state index is 0.142. The van der Waals surface area contributed by atoms with Gasteiger partial charge in [-0.05, 0) is 37.7 Å². The number of pyridine rings is 1. The van der Waals surface area contributed by atoms with Crippen LogP contribution in [0.15, 0.2) is 24.5 Å². The van der Waals surface area contributed by atoms with Gasteiger partial charge in [-0.1, -0.05) is 6.07 Å². The molecule has 28 heavy (non-hydrogen) atoms. The Morgan fingerprint density at radius 1 is 1.29 bits per heavy atom. The third-order valence-electron chi connectivity index (χ3n) is 4.90. The number of methoxy groups -OCH3 is 1. The van der Waals surface area contributed by atoms with Crippen LogP contribution in [0.1, 0.15) is 31.2 Å². The molecule has 4 N–H and O–H groups in total. The monoisotopic (exact) mass is 387 g/mol. The molecule has 1 aliphatic carbocycles. The van der Waals surface area contributed by atoms with Gasteiger partial charge in [0.15, 0.2) is 0 Å². The number of nitro groups is 1.